The number of amides is 1. The zero-order valence-electron chi connectivity index (χ0n) is 12.8. The molecule has 0 bridgehead atoms. The number of rotatable bonds is 7. The predicted molar refractivity (Wildman–Crippen MR) is 84.7 cm³/mol. The van der Waals surface area contributed by atoms with Crippen LogP contribution in [-0.2, 0) is 22.4 Å². The van der Waals surface area contributed by atoms with Gasteiger partial charge in [-0.05, 0) is 30.9 Å². The molecular formula is C16H24ClNO2. The van der Waals surface area contributed by atoms with Crippen LogP contribution >= 0.6 is 11.6 Å². The number of anilines is 1. The Labute approximate surface area is 126 Å². The summed E-state index contributed by atoms with van der Waals surface area (Å²) in [5.41, 5.74) is 3.35. The fourth-order valence-corrected chi connectivity index (χ4v) is 2.62. The summed E-state index contributed by atoms with van der Waals surface area (Å²) in [6, 6.07) is 6.15. The number of benzene rings is 1. The van der Waals surface area contributed by atoms with E-state index in [1.807, 2.05) is 13.0 Å². The normalized spacial score (nSPS) is 12.2. The van der Waals surface area contributed by atoms with Gasteiger partial charge in [0.1, 0.15) is 5.88 Å². The number of para-hydroxylation sites is 1. The van der Waals surface area contributed by atoms with Gasteiger partial charge in [0.15, 0.2) is 0 Å². The van der Waals surface area contributed by atoms with E-state index < -0.39 is 0 Å². The number of alkyl halides is 1. The first-order chi connectivity index (χ1) is 9.60. The van der Waals surface area contributed by atoms with E-state index in [1.165, 1.54) is 11.1 Å². The van der Waals surface area contributed by atoms with Crippen molar-refractivity contribution in [2.45, 2.75) is 39.7 Å². The van der Waals surface area contributed by atoms with Gasteiger partial charge in [0.25, 0.3) is 0 Å². The quantitative estimate of drug-likeness (QED) is 0.722. The summed E-state index contributed by atoms with van der Waals surface area (Å²) in [6.07, 6.45) is 1.77. The Kier molecular flexibility index (Phi) is 7.03. The van der Waals surface area contributed by atoms with Gasteiger partial charge in [-0.15, -0.1) is 11.6 Å². The Hall–Kier alpha value is -1.06. The molecular weight excluding hydrogens is 274 g/mol. The highest BCUT2D eigenvalue weighted by atomic mass is 35.5. The number of nitrogens with zero attached hydrogens (tertiary/aromatic N) is 1. The molecule has 1 aromatic rings. The molecule has 1 atom stereocenters. The molecule has 0 aliphatic carbocycles. The molecule has 0 fully saturated rings. The van der Waals surface area contributed by atoms with Crippen LogP contribution in [0.5, 0.6) is 0 Å². The summed E-state index contributed by atoms with van der Waals surface area (Å²) in [7, 11) is 1.65. The highest BCUT2D eigenvalue weighted by Gasteiger charge is 2.25. The van der Waals surface area contributed by atoms with Crippen LogP contribution in [0.1, 0.15) is 31.9 Å². The molecule has 112 valence electrons. The molecule has 1 aromatic carbocycles. The number of ether oxygens (including phenoxy) is 1. The second-order valence-corrected chi connectivity index (χ2v) is 5.10. The molecule has 0 saturated heterocycles. The maximum atomic E-state index is 12.3. The second-order valence-electron chi connectivity index (χ2n) is 4.83. The minimum absolute atomic E-state index is 0.0186. The lowest BCUT2D eigenvalue weighted by atomic mass is 10.0. The van der Waals surface area contributed by atoms with Crippen LogP contribution in [0.3, 0.4) is 0 Å². The van der Waals surface area contributed by atoms with Crippen molar-refractivity contribution in [3.8, 4) is 0 Å². The minimum atomic E-state index is -0.0770. The zero-order valence-corrected chi connectivity index (χ0v) is 13.5. The molecule has 0 aromatic heterocycles. The summed E-state index contributed by atoms with van der Waals surface area (Å²) in [5.74, 6) is -0.0956. The van der Waals surface area contributed by atoms with E-state index >= 15 is 0 Å². The molecule has 0 heterocycles. The van der Waals surface area contributed by atoms with Crippen molar-refractivity contribution in [3.63, 3.8) is 0 Å². The van der Waals surface area contributed by atoms with Gasteiger partial charge >= 0.3 is 0 Å². The molecule has 1 unspecified atom stereocenters. The number of hydrogen-bond donors (Lipinski definition) is 0. The smallest absolute Gasteiger partial charge is 0.242 e. The predicted octanol–water partition coefficient (Wildman–Crippen LogP) is 3.42. The molecule has 3 nitrogen and oxygen atoms in total. The van der Waals surface area contributed by atoms with Crippen molar-refractivity contribution in [1.29, 1.82) is 0 Å². The summed E-state index contributed by atoms with van der Waals surface area (Å²) in [5, 5.41) is 0. The zero-order chi connectivity index (χ0) is 15.1. The fourth-order valence-electron chi connectivity index (χ4n) is 2.50. The van der Waals surface area contributed by atoms with E-state index in [0.29, 0.717) is 6.61 Å². The number of carbonyl (C=O) groups is 1. The van der Waals surface area contributed by atoms with Crippen LogP contribution in [-0.4, -0.2) is 31.5 Å². The molecule has 1 rings (SSSR count). The minimum Gasteiger partial charge on any atom is -0.383 e. The number of carbonyl (C=O) groups excluding carboxylic acids is 1. The van der Waals surface area contributed by atoms with E-state index in [2.05, 4.69) is 26.0 Å². The maximum absolute atomic E-state index is 12.3. The maximum Gasteiger partial charge on any atom is 0.242 e. The molecule has 0 aliphatic heterocycles. The van der Waals surface area contributed by atoms with Gasteiger partial charge in [-0.2, -0.15) is 0 Å². The van der Waals surface area contributed by atoms with Crippen LogP contribution in [0, 0.1) is 0 Å². The molecule has 4 heteroatoms. The van der Waals surface area contributed by atoms with Crippen molar-refractivity contribution in [3.05, 3.63) is 29.3 Å². The summed E-state index contributed by atoms with van der Waals surface area (Å²) in [6.45, 7) is 6.68. The number of halogens is 1. The third-order valence-corrected chi connectivity index (χ3v) is 3.67. The van der Waals surface area contributed by atoms with E-state index in [4.69, 9.17) is 16.3 Å². The van der Waals surface area contributed by atoms with E-state index in [-0.39, 0.29) is 17.8 Å². The molecule has 0 aliphatic rings. The molecule has 0 saturated carbocycles. The molecule has 1 amide bonds. The van der Waals surface area contributed by atoms with Gasteiger partial charge < -0.3 is 9.64 Å². The number of methoxy groups -OCH3 is 1. The van der Waals surface area contributed by atoms with Crippen molar-refractivity contribution in [1.82, 2.24) is 0 Å². The van der Waals surface area contributed by atoms with Gasteiger partial charge in [-0.25, -0.2) is 0 Å². The van der Waals surface area contributed by atoms with Gasteiger partial charge in [-0.1, -0.05) is 32.0 Å². The SMILES string of the molecule is CCc1cccc(CC)c1N(C(=O)CCl)C(C)COC. The molecule has 0 radical (unpaired) electrons. The van der Waals surface area contributed by atoms with Crippen LogP contribution in [0.15, 0.2) is 18.2 Å². The van der Waals surface area contributed by atoms with Crippen LogP contribution in [0.4, 0.5) is 5.69 Å². The third-order valence-electron chi connectivity index (χ3n) is 3.44. The molecule has 0 N–H and O–H groups in total. The first-order valence-corrected chi connectivity index (χ1v) is 7.61. The monoisotopic (exact) mass is 297 g/mol. The first kappa shape index (κ1) is 17.0. The topological polar surface area (TPSA) is 29.5 Å². The second kappa shape index (κ2) is 8.28. The summed E-state index contributed by atoms with van der Waals surface area (Å²) >= 11 is 5.80. The van der Waals surface area contributed by atoms with E-state index in [1.54, 1.807) is 12.0 Å². The Morgan fingerprint density at radius 2 is 1.85 bits per heavy atom. The van der Waals surface area contributed by atoms with Crippen molar-refractivity contribution in [2.24, 2.45) is 0 Å². The summed E-state index contributed by atoms with van der Waals surface area (Å²) in [4.78, 5) is 14.1. The third kappa shape index (κ3) is 3.74. The Morgan fingerprint density at radius 3 is 2.25 bits per heavy atom. The van der Waals surface area contributed by atoms with Crippen molar-refractivity contribution in [2.75, 3.05) is 24.5 Å². The highest BCUT2D eigenvalue weighted by Crippen LogP contribution is 2.29. The highest BCUT2D eigenvalue weighted by molar-refractivity contribution is 6.29. The van der Waals surface area contributed by atoms with Crippen molar-refractivity contribution < 1.29 is 9.53 Å². The lowest BCUT2D eigenvalue weighted by molar-refractivity contribution is -0.116. The molecule has 20 heavy (non-hydrogen) atoms. The summed E-state index contributed by atoms with van der Waals surface area (Å²) < 4.78 is 5.21. The lowest BCUT2D eigenvalue weighted by Crippen LogP contribution is -2.43. The van der Waals surface area contributed by atoms with E-state index in [9.17, 15) is 4.79 Å². The van der Waals surface area contributed by atoms with Gasteiger partial charge in [0.2, 0.25) is 5.91 Å². The first-order valence-electron chi connectivity index (χ1n) is 7.08. The van der Waals surface area contributed by atoms with Crippen LogP contribution < -0.4 is 4.90 Å². The lowest BCUT2D eigenvalue weighted by Gasteiger charge is -2.32. The fraction of sp³-hybridized carbons (Fsp3) is 0.562. The van der Waals surface area contributed by atoms with E-state index in [0.717, 1.165) is 18.5 Å². The van der Waals surface area contributed by atoms with Gasteiger partial charge in [-0.3, -0.25) is 4.79 Å². The van der Waals surface area contributed by atoms with Crippen molar-refractivity contribution >= 4 is 23.2 Å². The Balaban J connectivity index is 3.35. The molecule has 0 spiro atoms. The van der Waals surface area contributed by atoms with Crippen LogP contribution in [0.2, 0.25) is 0 Å². The van der Waals surface area contributed by atoms with Crippen LogP contribution in [0.25, 0.3) is 0 Å². The Bertz CT molecular complexity index is 426. The Morgan fingerprint density at radius 1 is 1.30 bits per heavy atom. The van der Waals surface area contributed by atoms with Gasteiger partial charge in [0, 0.05) is 7.11 Å². The standard InChI is InChI=1S/C16H24ClNO2/c1-5-13-8-7-9-14(6-2)16(13)18(15(19)10-17)12(3)11-20-4/h7-9,12H,5-6,10-11H2,1-4H3. The number of hydrogen-bond acceptors (Lipinski definition) is 2. The average Bonchev–Trinajstić information content (AvgIpc) is 2.47. The largest absolute Gasteiger partial charge is 0.383 e. The number of aryl methyl sites for hydroxylation is 2. The van der Waals surface area contributed by atoms with Gasteiger partial charge in [0.05, 0.1) is 18.3 Å². The average molecular weight is 298 g/mol.